The lowest BCUT2D eigenvalue weighted by molar-refractivity contribution is 0.286. The van der Waals surface area contributed by atoms with E-state index in [1.807, 2.05) is 17.4 Å². The molecule has 0 aliphatic rings. The summed E-state index contributed by atoms with van der Waals surface area (Å²) in [6.45, 7) is 3.11. The van der Waals surface area contributed by atoms with E-state index in [2.05, 4.69) is 54.1 Å². The third-order valence-electron chi connectivity index (χ3n) is 3.20. The first-order chi connectivity index (χ1) is 9.08. The summed E-state index contributed by atoms with van der Waals surface area (Å²) in [4.78, 5) is 3.65. The molecule has 2 atom stereocenters. The van der Waals surface area contributed by atoms with Gasteiger partial charge < -0.3 is 10.2 Å². The summed E-state index contributed by atoms with van der Waals surface area (Å²) in [5.74, 6) is 0. The molecule has 2 aromatic heterocycles. The highest BCUT2D eigenvalue weighted by molar-refractivity contribution is 7.14. The Morgan fingerprint density at radius 1 is 1.37 bits per heavy atom. The van der Waals surface area contributed by atoms with Crippen LogP contribution < -0.4 is 5.32 Å². The Morgan fingerprint density at radius 3 is 2.68 bits per heavy atom. The fraction of sp³-hybridized carbons (Fsp3) is 0.429. The minimum absolute atomic E-state index is 0.325. The molecule has 0 fully saturated rings. The van der Waals surface area contributed by atoms with Crippen LogP contribution in [-0.4, -0.2) is 25.5 Å². The Bertz CT molecular complexity index is 493. The number of hydrogen-bond acceptors (Lipinski definition) is 4. The molecule has 0 saturated carbocycles. The van der Waals surface area contributed by atoms with Crippen molar-refractivity contribution in [2.75, 3.05) is 20.6 Å². The molecule has 5 heteroatoms. The number of rotatable bonds is 6. The van der Waals surface area contributed by atoms with Crippen LogP contribution in [0.2, 0.25) is 4.34 Å². The van der Waals surface area contributed by atoms with E-state index < -0.39 is 0 Å². The van der Waals surface area contributed by atoms with Gasteiger partial charge in [0, 0.05) is 17.5 Å². The van der Waals surface area contributed by atoms with Gasteiger partial charge in [-0.2, -0.15) is 0 Å². The first kappa shape index (κ1) is 15.0. The molecule has 0 aliphatic heterocycles. The van der Waals surface area contributed by atoms with Gasteiger partial charge in [-0.25, -0.2) is 0 Å². The maximum atomic E-state index is 5.98. The fourth-order valence-corrected chi connectivity index (χ4v) is 3.88. The maximum Gasteiger partial charge on any atom is 0.0931 e. The zero-order valence-electron chi connectivity index (χ0n) is 11.4. The molecule has 0 saturated heterocycles. The van der Waals surface area contributed by atoms with Crippen molar-refractivity contribution in [2.24, 2.45) is 0 Å². The molecule has 19 heavy (non-hydrogen) atoms. The smallest absolute Gasteiger partial charge is 0.0931 e. The second-order valence-electron chi connectivity index (χ2n) is 4.81. The van der Waals surface area contributed by atoms with Crippen molar-refractivity contribution in [2.45, 2.75) is 19.0 Å². The Morgan fingerprint density at radius 2 is 2.16 bits per heavy atom. The van der Waals surface area contributed by atoms with E-state index in [9.17, 15) is 0 Å². The molecule has 0 amide bonds. The first-order valence-electron chi connectivity index (χ1n) is 6.25. The van der Waals surface area contributed by atoms with Gasteiger partial charge in [0.2, 0.25) is 0 Å². The minimum Gasteiger partial charge on any atom is -0.308 e. The summed E-state index contributed by atoms with van der Waals surface area (Å²) in [6, 6.07) is 7.09. The van der Waals surface area contributed by atoms with Crippen molar-refractivity contribution >= 4 is 34.3 Å². The van der Waals surface area contributed by atoms with E-state index in [1.54, 1.807) is 11.3 Å². The number of likely N-dealkylation sites (N-methyl/N-ethyl adjacent to an activating group) is 1. The average Bonchev–Trinajstić information content (AvgIpc) is 3.00. The van der Waals surface area contributed by atoms with Gasteiger partial charge in [-0.1, -0.05) is 17.7 Å². The zero-order chi connectivity index (χ0) is 13.8. The maximum absolute atomic E-state index is 5.98. The zero-order valence-corrected chi connectivity index (χ0v) is 13.8. The van der Waals surface area contributed by atoms with E-state index >= 15 is 0 Å². The summed E-state index contributed by atoms with van der Waals surface area (Å²) in [5.41, 5.74) is 1.26. The fourth-order valence-electron chi connectivity index (χ4n) is 1.98. The van der Waals surface area contributed by atoms with Gasteiger partial charge in [-0.05, 0) is 49.5 Å². The molecule has 1 N–H and O–H groups in total. The Balaban J connectivity index is 1.96. The monoisotopic (exact) mass is 314 g/mol. The van der Waals surface area contributed by atoms with Crippen LogP contribution in [0, 0.1) is 0 Å². The Hall–Kier alpha value is -0.390. The largest absolute Gasteiger partial charge is 0.308 e. The normalized spacial score (nSPS) is 14.8. The van der Waals surface area contributed by atoms with Gasteiger partial charge >= 0.3 is 0 Å². The number of nitrogens with zero attached hydrogens (tertiary/aromatic N) is 1. The van der Waals surface area contributed by atoms with E-state index in [1.165, 1.54) is 10.4 Å². The van der Waals surface area contributed by atoms with E-state index in [-0.39, 0.29) is 0 Å². The van der Waals surface area contributed by atoms with Crippen LogP contribution in [0.1, 0.15) is 29.4 Å². The number of hydrogen-bond donors (Lipinski definition) is 1. The molecular formula is C14H19ClN2S2. The molecule has 0 radical (unpaired) electrons. The average molecular weight is 315 g/mol. The van der Waals surface area contributed by atoms with Crippen molar-refractivity contribution in [3.8, 4) is 0 Å². The van der Waals surface area contributed by atoms with Gasteiger partial charge in [-0.15, -0.1) is 22.7 Å². The highest BCUT2D eigenvalue weighted by Gasteiger charge is 2.16. The van der Waals surface area contributed by atoms with Crippen LogP contribution in [0.5, 0.6) is 0 Å². The lowest BCUT2D eigenvalue weighted by Crippen LogP contribution is -2.31. The Kier molecular flexibility index (Phi) is 5.42. The summed E-state index contributed by atoms with van der Waals surface area (Å²) in [7, 11) is 4.25. The van der Waals surface area contributed by atoms with Crippen LogP contribution in [0.4, 0.5) is 0 Å². The predicted octanol–water partition coefficient (Wildman–Crippen LogP) is 4.42. The van der Waals surface area contributed by atoms with Crippen LogP contribution in [0.15, 0.2) is 29.0 Å². The summed E-state index contributed by atoms with van der Waals surface area (Å²) < 4.78 is 0.853. The topological polar surface area (TPSA) is 15.3 Å². The van der Waals surface area contributed by atoms with Crippen molar-refractivity contribution in [3.05, 3.63) is 43.7 Å². The number of thiophene rings is 2. The lowest BCUT2D eigenvalue weighted by atomic mass is 10.1. The summed E-state index contributed by atoms with van der Waals surface area (Å²) >= 11 is 9.38. The van der Waals surface area contributed by atoms with Crippen molar-refractivity contribution < 1.29 is 0 Å². The summed E-state index contributed by atoms with van der Waals surface area (Å²) in [5, 5.41) is 7.85. The van der Waals surface area contributed by atoms with Gasteiger partial charge in [-0.3, -0.25) is 0 Å². The molecule has 2 heterocycles. The van der Waals surface area contributed by atoms with Crippen LogP contribution in [0.3, 0.4) is 0 Å². The molecule has 2 aromatic rings. The van der Waals surface area contributed by atoms with E-state index in [4.69, 9.17) is 11.6 Å². The van der Waals surface area contributed by atoms with Crippen molar-refractivity contribution in [1.29, 1.82) is 0 Å². The van der Waals surface area contributed by atoms with Crippen LogP contribution in [-0.2, 0) is 0 Å². The van der Waals surface area contributed by atoms with E-state index in [0.717, 1.165) is 10.9 Å². The first-order valence-corrected chi connectivity index (χ1v) is 8.39. The van der Waals surface area contributed by atoms with Crippen LogP contribution in [0.25, 0.3) is 0 Å². The molecule has 0 aromatic carbocycles. The molecule has 2 rings (SSSR count). The van der Waals surface area contributed by atoms with Gasteiger partial charge in [0.05, 0.1) is 10.4 Å². The van der Waals surface area contributed by atoms with Crippen molar-refractivity contribution in [1.82, 2.24) is 10.2 Å². The molecule has 0 spiro atoms. The number of halogens is 1. The van der Waals surface area contributed by atoms with Crippen LogP contribution >= 0.6 is 34.3 Å². The van der Waals surface area contributed by atoms with Crippen molar-refractivity contribution in [3.63, 3.8) is 0 Å². The molecular weight excluding hydrogens is 296 g/mol. The quantitative estimate of drug-likeness (QED) is 0.849. The predicted molar refractivity (Wildman–Crippen MR) is 86.5 cm³/mol. The highest BCUT2D eigenvalue weighted by Crippen LogP contribution is 2.26. The standard InChI is InChI=1S/C14H19ClN2S2/c1-10(11-7-14(15)19-9-11)16-8-12(17(2)3)13-5-4-6-18-13/h4-7,9-10,12,16H,8H2,1-3H3. The molecule has 104 valence electrons. The molecule has 2 nitrogen and oxygen atoms in total. The Labute approximate surface area is 128 Å². The second-order valence-corrected chi connectivity index (χ2v) is 7.33. The molecule has 0 bridgehead atoms. The van der Waals surface area contributed by atoms with Gasteiger partial charge in [0.15, 0.2) is 0 Å². The molecule has 2 unspecified atom stereocenters. The molecule has 0 aliphatic carbocycles. The van der Waals surface area contributed by atoms with Gasteiger partial charge in [0.25, 0.3) is 0 Å². The summed E-state index contributed by atoms with van der Waals surface area (Å²) in [6.07, 6.45) is 0. The lowest BCUT2D eigenvalue weighted by Gasteiger charge is -2.25. The van der Waals surface area contributed by atoms with Gasteiger partial charge in [0.1, 0.15) is 0 Å². The number of nitrogens with one attached hydrogen (secondary N) is 1. The van der Waals surface area contributed by atoms with E-state index in [0.29, 0.717) is 12.1 Å². The second kappa shape index (κ2) is 6.86. The third kappa shape index (κ3) is 4.04. The minimum atomic E-state index is 0.325. The highest BCUT2D eigenvalue weighted by atomic mass is 35.5. The SMILES string of the molecule is CC(NCC(c1cccs1)N(C)C)c1csc(Cl)c1. The third-order valence-corrected chi connectivity index (χ3v) is 5.28.